The molecule has 3 nitrogen and oxygen atoms in total. The Bertz CT molecular complexity index is 517. The Balaban J connectivity index is 2.13. The zero-order chi connectivity index (χ0) is 17.2. The predicted molar refractivity (Wildman–Crippen MR) is 92.8 cm³/mol. The van der Waals surface area contributed by atoms with E-state index < -0.39 is 5.79 Å². The van der Waals surface area contributed by atoms with Gasteiger partial charge < -0.3 is 9.84 Å². The van der Waals surface area contributed by atoms with Crippen LogP contribution < -0.4 is 0 Å². The summed E-state index contributed by atoms with van der Waals surface area (Å²) in [5.41, 5.74) is 1.81. The van der Waals surface area contributed by atoms with Crippen molar-refractivity contribution in [1.82, 2.24) is 0 Å². The fourth-order valence-electron chi connectivity index (χ4n) is 3.80. The first-order valence-corrected chi connectivity index (χ1v) is 8.71. The molecular weight excluding hydrogens is 288 g/mol. The summed E-state index contributed by atoms with van der Waals surface area (Å²) in [6.45, 7) is 14.5. The molecule has 128 valence electrons. The Morgan fingerprint density at radius 3 is 2.83 bits per heavy atom. The van der Waals surface area contributed by atoms with Gasteiger partial charge in [-0.15, -0.1) is 6.58 Å². The van der Waals surface area contributed by atoms with E-state index in [-0.39, 0.29) is 24.2 Å². The molecule has 4 unspecified atom stereocenters. The lowest BCUT2D eigenvalue weighted by Gasteiger charge is -2.46. The molecule has 0 aromatic rings. The van der Waals surface area contributed by atoms with Gasteiger partial charge in [0.05, 0.1) is 0 Å². The van der Waals surface area contributed by atoms with E-state index >= 15 is 0 Å². The molecule has 1 heterocycles. The highest BCUT2D eigenvalue weighted by Gasteiger charge is 2.48. The summed E-state index contributed by atoms with van der Waals surface area (Å²) in [4.78, 5) is 11.8. The van der Waals surface area contributed by atoms with E-state index in [2.05, 4.69) is 27.0 Å². The molecule has 23 heavy (non-hydrogen) atoms. The molecule has 1 saturated carbocycles. The van der Waals surface area contributed by atoms with Crippen molar-refractivity contribution in [3.63, 3.8) is 0 Å². The van der Waals surface area contributed by atoms with Crippen LogP contribution in [-0.2, 0) is 9.53 Å². The van der Waals surface area contributed by atoms with E-state index in [4.69, 9.17) is 4.74 Å². The van der Waals surface area contributed by atoms with E-state index in [1.807, 2.05) is 13.0 Å². The minimum Gasteiger partial charge on any atom is -0.362 e. The van der Waals surface area contributed by atoms with Crippen LogP contribution in [0.4, 0.5) is 0 Å². The number of ketones is 1. The molecule has 0 amide bonds. The average molecular weight is 318 g/mol. The molecule has 0 spiro atoms. The number of allylic oxidation sites excluding steroid dienone is 2. The molecule has 1 fully saturated rings. The van der Waals surface area contributed by atoms with Gasteiger partial charge in [0.2, 0.25) is 0 Å². The lowest BCUT2D eigenvalue weighted by Crippen LogP contribution is -2.50. The molecule has 0 radical (unpaired) electrons. The van der Waals surface area contributed by atoms with Crippen LogP contribution in [0.2, 0.25) is 0 Å². The smallest absolute Gasteiger partial charge is 0.192 e. The van der Waals surface area contributed by atoms with Gasteiger partial charge >= 0.3 is 0 Å². The van der Waals surface area contributed by atoms with Gasteiger partial charge in [-0.05, 0) is 49.2 Å². The van der Waals surface area contributed by atoms with Crippen LogP contribution in [0.3, 0.4) is 0 Å². The number of hydrogen-bond donors (Lipinski definition) is 1. The quantitative estimate of drug-likeness (QED) is 0.752. The molecule has 4 atom stereocenters. The number of aliphatic hydroxyl groups is 1. The molecule has 0 bridgehead atoms. The highest BCUT2D eigenvalue weighted by molar-refractivity contribution is 5.92. The van der Waals surface area contributed by atoms with Crippen molar-refractivity contribution < 1.29 is 14.6 Å². The summed E-state index contributed by atoms with van der Waals surface area (Å²) in [6, 6.07) is 0. The van der Waals surface area contributed by atoms with Crippen molar-refractivity contribution in [1.29, 1.82) is 0 Å². The molecule has 2 rings (SSSR count). The van der Waals surface area contributed by atoms with Crippen LogP contribution in [-0.4, -0.2) is 23.3 Å². The zero-order valence-electron chi connectivity index (χ0n) is 14.7. The number of hydrogen-bond acceptors (Lipinski definition) is 3. The Kier molecular flexibility index (Phi) is 5.64. The minimum absolute atomic E-state index is 0.00230. The van der Waals surface area contributed by atoms with Crippen LogP contribution in [0.15, 0.2) is 36.5 Å². The zero-order valence-corrected chi connectivity index (χ0v) is 14.7. The molecule has 0 aromatic heterocycles. The first kappa shape index (κ1) is 18.2. The van der Waals surface area contributed by atoms with Gasteiger partial charge in [-0.1, -0.05) is 39.0 Å². The fourth-order valence-corrected chi connectivity index (χ4v) is 3.80. The van der Waals surface area contributed by atoms with Crippen molar-refractivity contribution in [3.8, 4) is 0 Å². The fraction of sp³-hybridized carbons (Fsp3) is 0.650. The van der Waals surface area contributed by atoms with E-state index in [1.165, 1.54) is 0 Å². The lowest BCUT2D eigenvalue weighted by molar-refractivity contribution is -0.222. The summed E-state index contributed by atoms with van der Waals surface area (Å²) < 4.78 is 5.54. The highest BCUT2D eigenvalue weighted by atomic mass is 16.6. The second-order valence-electron chi connectivity index (χ2n) is 7.42. The first-order valence-electron chi connectivity index (χ1n) is 8.71. The van der Waals surface area contributed by atoms with Gasteiger partial charge in [-0.25, -0.2) is 0 Å². The second kappa shape index (κ2) is 7.14. The van der Waals surface area contributed by atoms with E-state index in [0.29, 0.717) is 11.8 Å². The van der Waals surface area contributed by atoms with Gasteiger partial charge in [-0.3, -0.25) is 4.79 Å². The number of rotatable bonds is 6. The molecule has 3 heteroatoms. The Hall–Kier alpha value is -1.19. The summed E-state index contributed by atoms with van der Waals surface area (Å²) in [5, 5.41) is 10.9. The van der Waals surface area contributed by atoms with Crippen molar-refractivity contribution in [2.24, 2.45) is 23.7 Å². The molecule has 2 aliphatic rings. The van der Waals surface area contributed by atoms with Crippen molar-refractivity contribution in [2.45, 2.75) is 52.2 Å². The predicted octanol–water partition coefficient (Wildman–Crippen LogP) is 4.04. The Morgan fingerprint density at radius 2 is 2.22 bits per heavy atom. The molecule has 0 saturated heterocycles. The highest BCUT2D eigenvalue weighted by Crippen LogP contribution is 2.47. The minimum atomic E-state index is -1.30. The maximum Gasteiger partial charge on any atom is 0.192 e. The number of carbonyl (C=O) groups excluding carboxylic acids is 1. The summed E-state index contributed by atoms with van der Waals surface area (Å²) in [7, 11) is 0. The van der Waals surface area contributed by atoms with Crippen molar-refractivity contribution in [3.05, 3.63) is 36.5 Å². The van der Waals surface area contributed by atoms with Gasteiger partial charge in [0.15, 0.2) is 11.6 Å². The SMILES string of the molecule is C=CC(CCC(=C)C1CCC(C)C2(O)OCC(=O)C=C12)C(C)C. The lowest BCUT2D eigenvalue weighted by atomic mass is 9.69. The third-order valence-electron chi connectivity index (χ3n) is 5.55. The largest absolute Gasteiger partial charge is 0.362 e. The maximum absolute atomic E-state index is 11.8. The van der Waals surface area contributed by atoms with Gasteiger partial charge in [-0.2, -0.15) is 0 Å². The molecule has 1 N–H and O–H groups in total. The molecule has 0 aromatic carbocycles. The van der Waals surface area contributed by atoms with Crippen LogP contribution >= 0.6 is 0 Å². The molecular formula is C20H30O3. The molecule has 1 aliphatic heterocycles. The maximum atomic E-state index is 11.8. The standard InChI is InChI=1S/C20H30O3/c1-6-16(13(2)3)9-7-14(4)18-10-8-15(5)20(22)19(18)11-17(21)12-23-20/h6,11,13,15-16,18,22H,1,4,7-10,12H2,2-3,5H3. The van der Waals surface area contributed by atoms with Crippen LogP contribution in [0.25, 0.3) is 0 Å². The first-order chi connectivity index (χ1) is 10.8. The Labute approximate surface area is 140 Å². The average Bonchev–Trinajstić information content (AvgIpc) is 2.50. The number of ether oxygens (including phenoxy) is 1. The van der Waals surface area contributed by atoms with E-state index in [1.54, 1.807) is 6.08 Å². The van der Waals surface area contributed by atoms with Gasteiger partial charge in [0.25, 0.3) is 0 Å². The van der Waals surface area contributed by atoms with Crippen molar-refractivity contribution >= 4 is 5.78 Å². The van der Waals surface area contributed by atoms with Crippen LogP contribution in [0.5, 0.6) is 0 Å². The summed E-state index contributed by atoms with van der Waals surface area (Å²) in [5.74, 6) is -0.299. The third kappa shape index (κ3) is 3.67. The number of fused-ring (bicyclic) bond motifs is 1. The molecule has 1 aliphatic carbocycles. The second-order valence-corrected chi connectivity index (χ2v) is 7.42. The number of carbonyl (C=O) groups is 1. The Morgan fingerprint density at radius 1 is 1.52 bits per heavy atom. The van der Waals surface area contributed by atoms with Crippen molar-refractivity contribution in [2.75, 3.05) is 6.61 Å². The topological polar surface area (TPSA) is 46.5 Å². The van der Waals surface area contributed by atoms with Gasteiger partial charge in [0, 0.05) is 11.8 Å². The van der Waals surface area contributed by atoms with Crippen LogP contribution in [0, 0.1) is 23.7 Å². The van der Waals surface area contributed by atoms with E-state index in [0.717, 1.165) is 36.8 Å². The normalized spacial score (nSPS) is 32.2. The van der Waals surface area contributed by atoms with E-state index in [9.17, 15) is 9.90 Å². The summed E-state index contributed by atoms with van der Waals surface area (Å²) >= 11 is 0. The summed E-state index contributed by atoms with van der Waals surface area (Å²) in [6.07, 6.45) is 7.31. The van der Waals surface area contributed by atoms with Gasteiger partial charge in [0.1, 0.15) is 6.61 Å². The van der Waals surface area contributed by atoms with Crippen LogP contribution in [0.1, 0.15) is 46.5 Å². The monoisotopic (exact) mass is 318 g/mol. The third-order valence-corrected chi connectivity index (χ3v) is 5.55.